The number of hydrogen-bond donors (Lipinski definition) is 2. The summed E-state index contributed by atoms with van der Waals surface area (Å²) in [5.74, 6) is 0.967. The minimum absolute atomic E-state index is 0.294. The summed E-state index contributed by atoms with van der Waals surface area (Å²) in [5.41, 5.74) is 4.45. The molecule has 0 bridgehead atoms. The van der Waals surface area contributed by atoms with E-state index in [2.05, 4.69) is 25.7 Å². The van der Waals surface area contributed by atoms with Gasteiger partial charge in [0.2, 0.25) is 0 Å². The first-order valence-electron chi connectivity index (χ1n) is 7.80. The van der Waals surface area contributed by atoms with Crippen LogP contribution in [0.4, 0.5) is 5.82 Å². The normalized spacial score (nSPS) is 10.8. The number of nitrogens with one attached hydrogen (secondary N) is 2. The maximum atomic E-state index is 11.2. The smallest absolute Gasteiger partial charge is 0.363 e. The van der Waals surface area contributed by atoms with Crippen LogP contribution in [0.3, 0.4) is 0 Å². The van der Waals surface area contributed by atoms with Gasteiger partial charge in [-0.2, -0.15) is 15.2 Å². The number of para-hydroxylation sites is 1. The van der Waals surface area contributed by atoms with Crippen molar-refractivity contribution in [3.63, 3.8) is 0 Å². The predicted octanol–water partition coefficient (Wildman–Crippen LogP) is 3.15. The van der Waals surface area contributed by atoms with Gasteiger partial charge in [-0.05, 0) is 36.8 Å². The van der Waals surface area contributed by atoms with Crippen molar-refractivity contribution in [1.82, 2.24) is 15.2 Å². The number of hydrazone groups is 1. The minimum Gasteiger partial charge on any atom is -0.488 e. The van der Waals surface area contributed by atoms with Crippen LogP contribution in [0.1, 0.15) is 16.8 Å². The van der Waals surface area contributed by atoms with Crippen LogP contribution in [-0.2, 0) is 6.61 Å². The highest BCUT2D eigenvalue weighted by molar-refractivity contribution is 6.30. The number of aromatic nitrogens is 3. The molecule has 132 valence electrons. The molecule has 0 saturated heterocycles. The first-order chi connectivity index (χ1) is 12.6. The molecule has 8 heteroatoms. The number of aromatic amines is 1. The van der Waals surface area contributed by atoms with Gasteiger partial charge in [0.15, 0.2) is 5.82 Å². The van der Waals surface area contributed by atoms with E-state index in [1.165, 1.54) is 0 Å². The fraction of sp³-hybridized carbons (Fsp3) is 0.111. The summed E-state index contributed by atoms with van der Waals surface area (Å²) < 4.78 is 5.86. The number of hydrogen-bond acceptors (Lipinski definition) is 6. The highest BCUT2D eigenvalue weighted by Crippen LogP contribution is 2.19. The number of aryl methyl sites for hydroxylation is 1. The molecular formula is C18H16ClN5O2. The molecule has 0 fully saturated rings. The summed E-state index contributed by atoms with van der Waals surface area (Å²) in [6, 6.07) is 15.0. The summed E-state index contributed by atoms with van der Waals surface area (Å²) in [4.78, 5) is 15.0. The van der Waals surface area contributed by atoms with Gasteiger partial charge < -0.3 is 4.74 Å². The molecule has 3 aromatic rings. The first-order valence-corrected chi connectivity index (χ1v) is 8.18. The Balaban J connectivity index is 1.70. The summed E-state index contributed by atoms with van der Waals surface area (Å²) in [6.45, 7) is 2.10. The van der Waals surface area contributed by atoms with Crippen molar-refractivity contribution < 1.29 is 4.74 Å². The van der Waals surface area contributed by atoms with Gasteiger partial charge >= 0.3 is 5.69 Å². The Morgan fingerprint density at radius 2 is 2.12 bits per heavy atom. The molecule has 0 spiro atoms. The molecule has 0 saturated carbocycles. The molecule has 0 radical (unpaired) electrons. The molecular weight excluding hydrogens is 354 g/mol. The van der Waals surface area contributed by atoms with Crippen molar-refractivity contribution in [2.24, 2.45) is 5.10 Å². The Kier molecular flexibility index (Phi) is 5.60. The first kappa shape index (κ1) is 17.6. The van der Waals surface area contributed by atoms with Crippen LogP contribution in [0.2, 0.25) is 5.02 Å². The fourth-order valence-electron chi connectivity index (χ4n) is 2.17. The van der Waals surface area contributed by atoms with Gasteiger partial charge in [0.25, 0.3) is 0 Å². The predicted molar refractivity (Wildman–Crippen MR) is 101 cm³/mol. The van der Waals surface area contributed by atoms with Crippen molar-refractivity contribution in [3.8, 4) is 5.75 Å². The number of halogens is 1. The van der Waals surface area contributed by atoms with E-state index in [1.54, 1.807) is 13.1 Å². The zero-order valence-corrected chi connectivity index (χ0v) is 14.7. The van der Waals surface area contributed by atoms with E-state index >= 15 is 0 Å². The van der Waals surface area contributed by atoms with Gasteiger partial charge in [0, 0.05) is 10.6 Å². The minimum atomic E-state index is -0.543. The molecule has 0 aliphatic heterocycles. The lowest BCUT2D eigenvalue weighted by atomic mass is 10.2. The summed E-state index contributed by atoms with van der Waals surface area (Å²) in [5, 5.41) is 10.9. The monoisotopic (exact) mass is 369 g/mol. The number of benzene rings is 2. The molecule has 0 atom stereocenters. The van der Waals surface area contributed by atoms with Crippen molar-refractivity contribution >= 4 is 23.6 Å². The Morgan fingerprint density at radius 1 is 1.27 bits per heavy atom. The van der Waals surface area contributed by atoms with Crippen LogP contribution in [0.25, 0.3) is 0 Å². The van der Waals surface area contributed by atoms with E-state index in [9.17, 15) is 4.79 Å². The summed E-state index contributed by atoms with van der Waals surface area (Å²) in [7, 11) is 0. The van der Waals surface area contributed by atoms with E-state index in [0.29, 0.717) is 28.9 Å². The number of ether oxygens (including phenoxy) is 1. The lowest BCUT2D eigenvalue weighted by Crippen LogP contribution is -2.15. The van der Waals surface area contributed by atoms with Gasteiger partial charge in [-0.3, -0.25) is 5.43 Å². The highest BCUT2D eigenvalue weighted by atomic mass is 35.5. The molecule has 2 N–H and O–H groups in total. The molecule has 7 nitrogen and oxygen atoms in total. The molecule has 1 heterocycles. The molecule has 3 rings (SSSR count). The molecule has 2 aromatic carbocycles. The van der Waals surface area contributed by atoms with Crippen molar-refractivity contribution in [2.75, 3.05) is 5.43 Å². The highest BCUT2D eigenvalue weighted by Gasteiger charge is 2.03. The molecule has 0 aliphatic carbocycles. The Morgan fingerprint density at radius 3 is 2.96 bits per heavy atom. The topological polar surface area (TPSA) is 92.3 Å². The SMILES string of the molecule is Cc1n[nH]c(=O)nc1NN=Cc1ccccc1OCc1cccc(Cl)c1. The van der Waals surface area contributed by atoms with E-state index < -0.39 is 5.69 Å². The third kappa shape index (κ3) is 4.67. The van der Waals surface area contributed by atoms with Crippen LogP contribution in [0.15, 0.2) is 58.4 Å². The third-order valence-corrected chi connectivity index (χ3v) is 3.69. The second-order valence-corrected chi connectivity index (χ2v) is 5.84. The van der Waals surface area contributed by atoms with Crippen LogP contribution in [0.5, 0.6) is 5.75 Å². The lowest BCUT2D eigenvalue weighted by Gasteiger charge is -2.09. The van der Waals surface area contributed by atoms with E-state index in [0.717, 1.165) is 11.1 Å². The molecule has 1 aromatic heterocycles. The molecule has 0 unspecified atom stereocenters. The second-order valence-electron chi connectivity index (χ2n) is 5.40. The van der Waals surface area contributed by atoms with Crippen molar-refractivity contribution in [1.29, 1.82) is 0 Å². The molecule has 0 aliphatic rings. The quantitative estimate of drug-likeness (QED) is 0.514. The fourth-order valence-corrected chi connectivity index (χ4v) is 2.38. The Labute approximate surface area is 154 Å². The van der Waals surface area contributed by atoms with Crippen LogP contribution in [-0.4, -0.2) is 21.4 Å². The van der Waals surface area contributed by atoms with Gasteiger partial charge in [-0.15, -0.1) is 0 Å². The van der Waals surface area contributed by atoms with Gasteiger partial charge in [0.1, 0.15) is 18.1 Å². The van der Waals surface area contributed by atoms with Crippen molar-refractivity contribution in [3.05, 3.63) is 80.9 Å². The number of rotatable bonds is 6. The standard InChI is InChI=1S/C18H16ClN5O2/c1-12-17(21-18(25)24-22-12)23-20-10-14-6-2-3-8-16(14)26-11-13-5-4-7-15(19)9-13/h2-10H,11H2,1H3,(H2,21,23,24,25). The zero-order valence-electron chi connectivity index (χ0n) is 13.9. The largest absolute Gasteiger partial charge is 0.488 e. The average Bonchev–Trinajstić information content (AvgIpc) is 2.64. The van der Waals surface area contributed by atoms with E-state index in [-0.39, 0.29) is 0 Å². The molecule has 26 heavy (non-hydrogen) atoms. The maximum Gasteiger partial charge on any atom is 0.363 e. The summed E-state index contributed by atoms with van der Waals surface area (Å²) in [6.07, 6.45) is 1.59. The van der Waals surface area contributed by atoms with Crippen molar-refractivity contribution in [2.45, 2.75) is 13.5 Å². The third-order valence-electron chi connectivity index (χ3n) is 3.45. The maximum absolute atomic E-state index is 11.2. The average molecular weight is 370 g/mol. The van der Waals surface area contributed by atoms with Crippen LogP contribution in [0, 0.1) is 6.92 Å². The van der Waals surface area contributed by atoms with E-state index in [4.69, 9.17) is 16.3 Å². The van der Waals surface area contributed by atoms with Gasteiger partial charge in [-0.1, -0.05) is 35.9 Å². The Bertz CT molecular complexity index is 987. The number of nitrogens with zero attached hydrogens (tertiary/aromatic N) is 3. The molecule has 0 amide bonds. The zero-order chi connectivity index (χ0) is 18.4. The number of H-pyrrole nitrogens is 1. The second kappa shape index (κ2) is 8.26. The van der Waals surface area contributed by atoms with Crippen LogP contribution < -0.4 is 15.9 Å². The lowest BCUT2D eigenvalue weighted by molar-refractivity contribution is 0.306. The van der Waals surface area contributed by atoms with Gasteiger partial charge in [0.05, 0.1) is 6.21 Å². The van der Waals surface area contributed by atoms with Gasteiger partial charge in [-0.25, -0.2) is 9.89 Å². The van der Waals surface area contributed by atoms with E-state index in [1.807, 2.05) is 48.5 Å². The Hall–Kier alpha value is -3.19. The summed E-state index contributed by atoms with van der Waals surface area (Å²) >= 11 is 5.99. The number of anilines is 1. The van der Waals surface area contributed by atoms with Crippen LogP contribution >= 0.6 is 11.6 Å².